The fraction of sp³-hybridized carbons (Fsp3) is 1.00. The normalized spacial score (nSPS) is 25.4. The topological polar surface area (TPSA) is 26.7 Å². The number of hydrogen-bond acceptors (Lipinski definition) is 3. The first-order valence-electron chi connectivity index (χ1n) is 6.03. The molecule has 1 saturated heterocycles. The third-order valence-electron chi connectivity index (χ3n) is 3.49. The monoisotopic (exact) mass is 214 g/mol. The number of piperazine rings is 1. The molecule has 1 fully saturated rings. The van der Waals surface area contributed by atoms with Gasteiger partial charge in [0.25, 0.3) is 0 Å². The Bertz CT molecular complexity index is 192. The summed E-state index contributed by atoms with van der Waals surface area (Å²) in [5.41, 5.74) is 0.295. The lowest BCUT2D eigenvalue weighted by Gasteiger charge is -2.45. The quantitative estimate of drug-likeness (QED) is 0.761. The van der Waals surface area contributed by atoms with Crippen LogP contribution in [0.1, 0.15) is 33.6 Å². The van der Waals surface area contributed by atoms with E-state index in [2.05, 4.69) is 30.7 Å². The Morgan fingerprint density at radius 3 is 2.53 bits per heavy atom. The highest BCUT2D eigenvalue weighted by Gasteiger charge is 2.30. The Morgan fingerprint density at radius 2 is 2.00 bits per heavy atom. The Morgan fingerprint density at radius 1 is 1.33 bits per heavy atom. The molecule has 0 radical (unpaired) electrons. The molecule has 0 spiro atoms. The molecule has 3 heteroatoms. The van der Waals surface area contributed by atoms with Crippen molar-refractivity contribution < 1.29 is 5.11 Å². The summed E-state index contributed by atoms with van der Waals surface area (Å²) in [7, 11) is 2.20. The maximum absolute atomic E-state index is 9.20. The van der Waals surface area contributed by atoms with Gasteiger partial charge < -0.3 is 10.0 Å². The van der Waals surface area contributed by atoms with Gasteiger partial charge in [-0.25, -0.2) is 0 Å². The molecule has 3 nitrogen and oxygen atoms in total. The van der Waals surface area contributed by atoms with Crippen molar-refractivity contribution in [1.29, 1.82) is 0 Å². The Hall–Kier alpha value is -0.120. The van der Waals surface area contributed by atoms with E-state index in [0.717, 1.165) is 32.5 Å². The summed E-state index contributed by atoms with van der Waals surface area (Å²) in [5.74, 6) is 0. The van der Waals surface area contributed by atoms with E-state index >= 15 is 0 Å². The van der Waals surface area contributed by atoms with Gasteiger partial charge in [0.2, 0.25) is 0 Å². The van der Waals surface area contributed by atoms with Crippen LogP contribution in [-0.4, -0.2) is 59.8 Å². The van der Waals surface area contributed by atoms with Crippen LogP contribution in [0.3, 0.4) is 0 Å². The lowest BCUT2D eigenvalue weighted by atomic mass is 9.99. The van der Waals surface area contributed by atoms with E-state index in [9.17, 15) is 5.11 Å². The van der Waals surface area contributed by atoms with Crippen LogP contribution in [0, 0.1) is 0 Å². The van der Waals surface area contributed by atoms with Crippen molar-refractivity contribution in [1.82, 2.24) is 9.80 Å². The van der Waals surface area contributed by atoms with Gasteiger partial charge >= 0.3 is 0 Å². The predicted octanol–water partition coefficient (Wildman–Crippen LogP) is 1.17. The van der Waals surface area contributed by atoms with Crippen molar-refractivity contribution in [3.8, 4) is 0 Å². The zero-order valence-corrected chi connectivity index (χ0v) is 10.7. The van der Waals surface area contributed by atoms with Gasteiger partial charge in [-0.05, 0) is 47.2 Å². The lowest BCUT2D eigenvalue weighted by Crippen LogP contribution is -2.57. The van der Waals surface area contributed by atoms with Crippen LogP contribution >= 0.6 is 0 Å². The summed E-state index contributed by atoms with van der Waals surface area (Å²) in [4.78, 5) is 4.94. The largest absolute Gasteiger partial charge is 0.393 e. The standard InChI is InChI=1S/C12H26N2O/c1-11(15)6-5-7-14-9-8-13(4)12(2,3)10-14/h11,15H,5-10H2,1-4H3. The number of aliphatic hydroxyl groups is 1. The fourth-order valence-corrected chi connectivity index (χ4v) is 2.14. The summed E-state index contributed by atoms with van der Waals surface area (Å²) in [6.45, 7) is 11.1. The molecular weight excluding hydrogens is 188 g/mol. The van der Waals surface area contributed by atoms with Crippen LogP contribution < -0.4 is 0 Å². The Labute approximate surface area is 94.1 Å². The molecule has 0 amide bonds. The van der Waals surface area contributed by atoms with E-state index < -0.39 is 0 Å². The second-order valence-corrected chi connectivity index (χ2v) is 5.50. The molecule has 0 aliphatic carbocycles. The zero-order valence-electron chi connectivity index (χ0n) is 10.7. The second kappa shape index (κ2) is 5.28. The zero-order chi connectivity index (χ0) is 11.5. The van der Waals surface area contributed by atoms with Crippen LogP contribution in [-0.2, 0) is 0 Å². The third kappa shape index (κ3) is 4.09. The third-order valence-corrected chi connectivity index (χ3v) is 3.49. The highest BCUT2D eigenvalue weighted by atomic mass is 16.3. The number of aliphatic hydroxyl groups excluding tert-OH is 1. The lowest BCUT2D eigenvalue weighted by molar-refractivity contribution is 0.0375. The first-order chi connectivity index (χ1) is 6.92. The summed E-state index contributed by atoms with van der Waals surface area (Å²) >= 11 is 0. The van der Waals surface area contributed by atoms with Crippen LogP contribution in [0.15, 0.2) is 0 Å². The van der Waals surface area contributed by atoms with E-state index in [1.807, 2.05) is 6.92 Å². The van der Waals surface area contributed by atoms with Crippen molar-refractivity contribution in [2.45, 2.75) is 45.3 Å². The van der Waals surface area contributed by atoms with E-state index in [1.54, 1.807) is 0 Å². The van der Waals surface area contributed by atoms with E-state index in [4.69, 9.17) is 0 Å². The molecule has 0 aromatic heterocycles. The Balaban J connectivity index is 2.27. The maximum Gasteiger partial charge on any atom is 0.0512 e. The minimum absolute atomic E-state index is 0.148. The molecule has 1 rings (SSSR count). The van der Waals surface area contributed by atoms with Gasteiger partial charge in [-0.2, -0.15) is 0 Å². The second-order valence-electron chi connectivity index (χ2n) is 5.50. The van der Waals surface area contributed by atoms with Gasteiger partial charge in [-0.15, -0.1) is 0 Å². The molecule has 1 aliphatic heterocycles. The smallest absolute Gasteiger partial charge is 0.0512 e. The van der Waals surface area contributed by atoms with Gasteiger partial charge in [-0.3, -0.25) is 4.90 Å². The minimum atomic E-state index is -0.148. The van der Waals surface area contributed by atoms with Gasteiger partial charge in [-0.1, -0.05) is 0 Å². The van der Waals surface area contributed by atoms with Crippen molar-refractivity contribution in [3.05, 3.63) is 0 Å². The first-order valence-corrected chi connectivity index (χ1v) is 6.03. The summed E-state index contributed by atoms with van der Waals surface area (Å²) < 4.78 is 0. The van der Waals surface area contributed by atoms with Crippen molar-refractivity contribution in [2.24, 2.45) is 0 Å². The van der Waals surface area contributed by atoms with Gasteiger partial charge in [0.1, 0.15) is 0 Å². The molecular formula is C12H26N2O. The highest BCUT2D eigenvalue weighted by molar-refractivity contribution is 4.88. The molecule has 1 N–H and O–H groups in total. The van der Waals surface area contributed by atoms with Crippen molar-refractivity contribution in [2.75, 3.05) is 33.2 Å². The van der Waals surface area contributed by atoms with Crippen LogP contribution in [0.4, 0.5) is 0 Å². The van der Waals surface area contributed by atoms with Gasteiger partial charge in [0.05, 0.1) is 6.10 Å². The maximum atomic E-state index is 9.20. The molecule has 0 aromatic rings. The molecule has 90 valence electrons. The Kier molecular flexibility index (Phi) is 4.56. The summed E-state index contributed by atoms with van der Waals surface area (Å²) in [6, 6.07) is 0. The predicted molar refractivity (Wildman–Crippen MR) is 64.1 cm³/mol. The van der Waals surface area contributed by atoms with E-state index in [-0.39, 0.29) is 6.10 Å². The van der Waals surface area contributed by atoms with Crippen molar-refractivity contribution in [3.63, 3.8) is 0 Å². The first kappa shape index (κ1) is 12.9. The number of nitrogens with zero attached hydrogens (tertiary/aromatic N) is 2. The van der Waals surface area contributed by atoms with E-state index in [0.29, 0.717) is 5.54 Å². The number of rotatable bonds is 4. The summed E-state index contributed by atoms with van der Waals surface area (Å²) in [5, 5.41) is 9.20. The highest BCUT2D eigenvalue weighted by Crippen LogP contribution is 2.18. The molecule has 1 atom stereocenters. The van der Waals surface area contributed by atoms with E-state index in [1.165, 1.54) is 6.54 Å². The SMILES string of the molecule is CC(O)CCCN1CCN(C)C(C)(C)C1. The molecule has 1 heterocycles. The van der Waals surface area contributed by atoms with Gasteiger partial charge in [0, 0.05) is 25.2 Å². The molecule has 1 aliphatic rings. The molecule has 0 aromatic carbocycles. The average Bonchev–Trinajstić information content (AvgIpc) is 2.10. The molecule has 0 saturated carbocycles. The number of hydrogen-bond donors (Lipinski definition) is 1. The average molecular weight is 214 g/mol. The molecule has 15 heavy (non-hydrogen) atoms. The molecule has 1 unspecified atom stereocenters. The minimum Gasteiger partial charge on any atom is -0.393 e. The van der Waals surface area contributed by atoms with Crippen LogP contribution in [0.25, 0.3) is 0 Å². The van der Waals surface area contributed by atoms with Crippen LogP contribution in [0.2, 0.25) is 0 Å². The molecule has 0 bridgehead atoms. The van der Waals surface area contributed by atoms with Crippen molar-refractivity contribution >= 4 is 0 Å². The summed E-state index contributed by atoms with van der Waals surface area (Å²) in [6.07, 6.45) is 1.88. The van der Waals surface area contributed by atoms with Crippen LogP contribution in [0.5, 0.6) is 0 Å². The fourth-order valence-electron chi connectivity index (χ4n) is 2.14. The van der Waals surface area contributed by atoms with Gasteiger partial charge in [0.15, 0.2) is 0 Å². The number of likely N-dealkylation sites (N-methyl/N-ethyl adjacent to an activating group) is 1.